The molecule has 0 bridgehead atoms. The molecule has 1 aromatic carbocycles. The smallest absolute Gasteiger partial charge is 0.438 e. The fourth-order valence-electron chi connectivity index (χ4n) is 0.638. The maximum absolute atomic E-state index is 9.98. The predicted octanol–water partition coefficient (Wildman–Crippen LogP) is 0.830. The van der Waals surface area contributed by atoms with E-state index in [9.17, 15) is 4.79 Å². The molecule has 0 aliphatic carbocycles. The van der Waals surface area contributed by atoms with Crippen molar-refractivity contribution in [2.45, 2.75) is 0 Å². The van der Waals surface area contributed by atoms with Crippen LogP contribution in [0, 0.1) is 0 Å². The van der Waals surface area contributed by atoms with Crippen LogP contribution in [0.3, 0.4) is 0 Å². The zero-order chi connectivity index (χ0) is 8.97. The molecule has 0 unspecified atom stereocenters. The van der Waals surface area contributed by atoms with Crippen LogP contribution in [0.5, 0.6) is 5.75 Å². The van der Waals surface area contributed by atoms with E-state index in [-0.39, 0.29) is 0 Å². The second-order valence-electron chi connectivity index (χ2n) is 2.08. The van der Waals surface area contributed by atoms with E-state index in [1.807, 2.05) is 0 Å². The summed E-state index contributed by atoms with van der Waals surface area (Å²) in [6, 6.07) is 6.34. The Hall–Kier alpha value is -1.91. The summed E-state index contributed by atoms with van der Waals surface area (Å²) in [6.45, 7) is 0. The highest BCUT2D eigenvalue weighted by Gasteiger charge is 1.95. The highest BCUT2D eigenvalue weighted by atomic mass is 16.7. The van der Waals surface area contributed by atoms with Gasteiger partial charge in [0, 0.05) is 5.69 Å². The molecular weight excluding hydrogens is 160 g/mol. The first-order chi connectivity index (χ1) is 5.68. The Kier molecular flexibility index (Phi) is 2.37. The quantitative estimate of drug-likeness (QED) is 0.451. The molecule has 1 amide bonds. The van der Waals surface area contributed by atoms with Crippen LogP contribution in [0.25, 0.3) is 0 Å². The van der Waals surface area contributed by atoms with E-state index in [4.69, 9.17) is 10.8 Å². The van der Waals surface area contributed by atoms with Gasteiger partial charge in [-0.2, -0.15) is 5.48 Å². The standard InChI is InChI=1S/C7H8N2O3/c8-5-1-3-6(4-2-5)12-9-7(10)11/h1-4,9H,8H2,(H,10,11). The van der Waals surface area contributed by atoms with Crippen molar-refractivity contribution in [1.82, 2.24) is 5.48 Å². The molecule has 0 aromatic heterocycles. The number of hydrogen-bond donors (Lipinski definition) is 3. The van der Waals surface area contributed by atoms with Crippen molar-refractivity contribution in [1.29, 1.82) is 0 Å². The molecule has 0 atom stereocenters. The molecule has 64 valence electrons. The van der Waals surface area contributed by atoms with E-state index >= 15 is 0 Å². The Morgan fingerprint density at radius 3 is 2.50 bits per heavy atom. The zero-order valence-electron chi connectivity index (χ0n) is 6.15. The summed E-state index contributed by atoms with van der Waals surface area (Å²) < 4.78 is 0. The number of carboxylic acid groups (broad SMARTS) is 1. The van der Waals surface area contributed by atoms with Crippen LogP contribution in [-0.4, -0.2) is 11.2 Å². The SMILES string of the molecule is Nc1ccc(ONC(=O)O)cc1. The second-order valence-corrected chi connectivity index (χ2v) is 2.08. The lowest BCUT2D eigenvalue weighted by molar-refractivity contribution is 0.136. The lowest BCUT2D eigenvalue weighted by Gasteiger charge is -2.02. The average molecular weight is 168 g/mol. The summed E-state index contributed by atoms with van der Waals surface area (Å²) in [6.07, 6.45) is -1.24. The molecular formula is C7H8N2O3. The monoisotopic (exact) mass is 168 g/mol. The summed E-state index contributed by atoms with van der Waals surface area (Å²) in [5.41, 5.74) is 7.74. The fourth-order valence-corrected chi connectivity index (χ4v) is 0.638. The maximum Gasteiger partial charge on any atom is 0.438 e. The number of carbonyl (C=O) groups is 1. The number of nitrogen functional groups attached to an aromatic ring is 1. The Balaban J connectivity index is 2.53. The van der Waals surface area contributed by atoms with Crippen molar-refractivity contribution in [3.05, 3.63) is 24.3 Å². The van der Waals surface area contributed by atoms with Gasteiger partial charge in [0.05, 0.1) is 0 Å². The lowest BCUT2D eigenvalue weighted by atomic mass is 10.3. The number of anilines is 1. The highest BCUT2D eigenvalue weighted by Crippen LogP contribution is 2.11. The number of amides is 1. The molecule has 5 heteroatoms. The van der Waals surface area contributed by atoms with Crippen LogP contribution in [-0.2, 0) is 0 Å². The molecule has 0 saturated carbocycles. The summed E-state index contributed by atoms with van der Waals surface area (Å²) in [5.74, 6) is 0.395. The van der Waals surface area contributed by atoms with Gasteiger partial charge in [0.2, 0.25) is 0 Å². The van der Waals surface area contributed by atoms with Crippen LogP contribution in [0.2, 0.25) is 0 Å². The van der Waals surface area contributed by atoms with E-state index in [1.54, 1.807) is 29.7 Å². The minimum atomic E-state index is -1.24. The topological polar surface area (TPSA) is 84.6 Å². The zero-order valence-corrected chi connectivity index (χ0v) is 6.15. The van der Waals surface area contributed by atoms with Crippen molar-refractivity contribution in [2.75, 3.05) is 5.73 Å². The molecule has 4 N–H and O–H groups in total. The Morgan fingerprint density at radius 2 is 2.00 bits per heavy atom. The van der Waals surface area contributed by atoms with Crippen LogP contribution in [0.4, 0.5) is 10.5 Å². The number of nitrogens with one attached hydrogen (secondary N) is 1. The van der Waals surface area contributed by atoms with Crippen LogP contribution < -0.4 is 16.1 Å². The maximum atomic E-state index is 9.98. The molecule has 0 aliphatic rings. The van der Waals surface area contributed by atoms with Crippen LogP contribution in [0.15, 0.2) is 24.3 Å². The first kappa shape index (κ1) is 8.19. The van der Waals surface area contributed by atoms with Crippen molar-refractivity contribution in [3.63, 3.8) is 0 Å². The molecule has 0 saturated heterocycles. The van der Waals surface area contributed by atoms with Crippen molar-refractivity contribution in [2.24, 2.45) is 0 Å². The molecule has 0 aliphatic heterocycles. The molecule has 1 aromatic rings. The fraction of sp³-hybridized carbons (Fsp3) is 0. The average Bonchev–Trinajstić information content (AvgIpc) is 2.03. The van der Waals surface area contributed by atoms with Gasteiger partial charge in [0.1, 0.15) is 0 Å². The van der Waals surface area contributed by atoms with E-state index in [2.05, 4.69) is 4.84 Å². The van der Waals surface area contributed by atoms with E-state index < -0.39 is 6.09 Å². The number of rotatable bonds is 2. The summed E-state index contributed by atoms with van der Waals surface area (Å²) in [4.78, 5) is 14.6. The minimum absolute atomic E-state index is 0.395. The minimum Gasteiger partial charge on any atom is -0.463 e. The molecule has 0 radical (unpaired) electrons. The number of nitrogens with two attached hydrogens (primary N) is 1. The molecule has 1 rings (SSSR count). The number of hydroxylamine groups is 1. The van der Waals surface area contributed by atoms with Crippen molar-refractivity contribution >= 4 is 11.8 Å². The van der Waals surface area contributed by atoms with Gasteiger partial charge in [-0.05, 0) is 24.3 Å². The Morgan fingerprint density at radius 1 is 1.42 bits per heavy atom. The highest BCUT2D eigenvalue weighted by molar-refractivity contribution is 5.63. The van der Waals surface area contributed by atoms with Gasteiger partial charge in [0.15, 0.2) is 5.75 Å². The summed E-state index contributed by atoms with van der Waals surface area (Å²) in [5, 5.41) is 8.17. The van der Waals surface area contributed by atoms with Gasteiger partial charge in [0.25, 0.3) is 0 Å². The molecule has 12 heavy (non-hydrogen) atoms. The predicted molar refractivity (Wildman–Crippen MR) is 42.6 cm³/mol. The molecule has 0 fully saturated rings. The van der Waals surface area contributed by atoms with Gasteiger partial charge >= 0.3 is 6.09 Å². The molecule has 0 spiro atoms. The van der Waals surface area contributed by atoms with E-state index in [0.717, 1.165) is 0 Å². The van der Waals surface area contributed by atoms with Crippen molar-refractivity contribution in [3.8, 4) is 5.75 Å². The summed E-state index contributed by atoms with van der Waals surface area (Å²) >= 11 is 0. The van der Waals surface area contributed by atoms with Crippen molar-refractivity contribution < 1.29 is 14.7 Å². The van der Waals surface area contributed by atoms with Gasteiger partial charge in [-0.15, -0.1) is 0 Å². The van der Waals surface area contributed by atoms with Gasteiger partial charge in [-0.25, -0.2) is 4.79 Å². The largest absolute Gasteiger partial charge is 0.463 e. The number of benzene rings is 1. The lowest BCUT2D eigenvalue weighted by Crippen LogP contribution is -2.24. The van der Waals surface area contributed by atoms with E-state index in [1.165, 1.54) is 0 Å². The molecule has 5 nitrogen and oxygen atoms in total. The van der Waals surface area contributed by atoms with Gasteiger partial charge in [-0.1, -0.05) is 0 Å². The summed E-state index contributed by atoms with van der Waals surface area (Å²) in [7, 11) is 0. The van der Waals surface area contributed by atoms with Gasteiger partial charge in [-0.3, -0.25) is 0 Å². The third-order valence-electron chi connectivity index (χ3n) is 1.14. The Labute approximate surface area is 68.7 Å². The van der Waals surface area contributed by atoms with Crippen LogP contribution >= 0.6 is 0 Å². The second kappa shape index (κ2) is 3.47. The number of hydrogen-bond acceptors (Lipinski definition) is 3. The molecule has 0 heterocycles. The normalized spacial score (nSPS) is 9.00. The first-order valence-corrected chi connectivity index (χ1v) is 3.20. The Bertz CT molecular complexity index is 270. The van der Waals surface area contributed by atoms with Gasteiger partial charge < -0.3 is 15.7 Å². The third kappa shape index (κ3) is 2.37. The van der Waals surface area contributed by atoms with E-state index in [0.29, 0.717) is 11.4 Å². The van der Waals surface area contributed by atoms with Crippen LogP contribution in [0.1, 0.15) is 0 Å². The first-order valence-electron chi connectivity index (χ1n) is 3.20. The third-order valence-corrected chi connectivity index (χ3v) is 1.14.